The molecule has 0 heterocycles. The zero-order valence-electron chi connectivity index (χ0n) is 10.8. The molecule has 0 spiro atoms. The molecule has 0 aliphatic carbocycles. The third kappa shape index (κ3) is 4.29. The Morgan fingerprint density at radius 1 is 1.29 bits per heavy atom. The molecule has 0 aliphatic heterocycles. The van der Waals surface area contributed by atoms with E-state index >= 15 is 0 Å². The van der Waals surface area contributed by atoms with Gasteiger partial charge in [0.1, 0.15) is 5.82 Å². The van der Waals surface area contributed by atoms with Crippen LogP contribution in [0.4, 0.5) is 4.39 Å². The zero-order chi connectivity index (χ0) is 13.0. The van der Waals surface area contributed by atoms with Crippen LogP contribution in [-0.4, -0.2) is 6.04 Å². The number of halogens is 2. The van der Waals surface area contributed by atoms with Gasteiger partial charge < -0.3 is 5.73 Å². The summed E-state index contributed by atoms with van der Waals surface area (Å²) in [4.78, 5) is 0. The third-order valence-electron chi connectivity index (χ3n) is 2.86. The van der Waals surface area contributed by atoms with Crippen molar-refractivity contribution in [2.24, 2.45) is 5.73 Å². The molecule has 0 amide bonds. The first-order valence-electron chi connectivity index (χ1n) is 6.15. The molecule has 1 rings (SSSR count). The fourth-order valence-electron chi connectivity index (χ4n) is 1.86. The van der Waals surface area contributed by atoms with Gasteiger partial charge in [-0.2, -0.15) is 0 Å². The Kier molecular flexibility index (Phi) is 5.41. The van der Waals surface area contributed by atoms with E-state index in [4.69, 9.17) is 17.3 Å². The first-order chi connectivity index (χ1) is 7.91. The first kappa shape index (κ1) is 14.5. The van der Waals surface area contributed by atoms with Crippen LogP contribution in [0, 0.1) is 5.82 Å². The molecule has 96 valence electrons. The van der Waals surface area contributed by atoms with Crippen molar-refractivity contribution in [3.63, 3.8) is 0 Å². The zero-order valence-corrected chi connectivity index (χ0v) is 11.5. The lowest BCUT2D eigenvalue weighted by atomic mass is 9.97. The van der Waals surface area contributed by atoms with Crippen LogP contribution in [0.5, 0.6) is 0 Å². The molecule has 17 heavy (non-hydrogen) atoms. The highest BCUT2D eigenvalue weighted by Gasteiger charge is 2.12. The Morgan fingerprint density at radius 2 is 1.94 bits per heavy atom. The molecule has 1 aromatic rings. The maximum atomic E-state index is 13.7. The lowest BCUT2D eigenvalue weighted by molar-refractivity contribution is 0.594. The van der Waals surface area contributed by atoms with Crippen LogP contribution >= 0.6 is 11.6 Å². The normalized spacial score (nSPS) is 13.1. The molecule has 0 unspecified atom stereocenters. The number of benzene rings is 1. The second-order valence-electron chi connectivity index (χ2n) is 5.01. The smallest absolute Gasteiger partial charge is 0.145 e. The van der Waals surface area contributed by atoms with Crippen molar-refractivity contribution in [1.29, 1.82) is 0 Å². The van der Waals surface area contributed by atoms with Crippen LogP contribution in [0.25, 0.3) is 0 Å². The van der Waals surface area contributed by atoms with Gasteiger partial charge in [-0.1, -0.05) is 31.5 Å². The molecule has 3 heteroatoms. The van der Waals surface area contributed by atoms with Gasteiger partial charge in [-0.3, -0.25) is 0 Å². The summed E-state index contributed by atoms with van der Waals surface area (Å²) >= 11 is 5.90. The third-order valence-corrected chi connectivity index (χ3v) is 3.14. The summed E-state index contributed by atoms with van der Waals surface area (Å²) in [6.45, 7) is 5.94. The van der Waals surface area contributed by atoms with Crippen molar-refractivity contribution in [3.8, 4) is 0 Å². The second kappa shape index (κ2) is 6.36. The van der Waals surface area contributed by atoms with Crippen LogP contribution in [0.15, 0.2) is 12.1 Å². The molecule has 0 fully saturated rings. The van der Waals surface area contributed by atoms with Crippen LogP contribution in [0.3, 0.4) is 0 Å². The molecule has 0 radical (unpaired) electrons. The minimum Gasteiger partial charge on any atom is -0.328 e. The van der Waals surface area contributed by atoms with Crippen LogP contribution in [0.2, 0.25) is 5.02 Å². The van der Waals surface area contributed by atoms with Crippen molar-refractivity contribution in [1.82, 2.24) is 0 Å². The van der Waals surface area contributed by atoms with E-state index in [0.29, 0.717) is 5.56 Å². The van der Waals surface area contributed by atoms with E-state index in [2.05, 4.69) is 0 Å². The summed E-state index contributed by atoms with van der Waals surface area (Å²) in [7, 11) is 0. The lowest BCUT2D eigenvalue weighted by Gasteiger charge is -2.12. The number of aryl methyl sites for hydroxylation is 1. The Labute approximate surface area is 108 Å². The number of rotatable bonds is 5. The maximum absolute atomic E-state index is 13.7. The van der Waals surface area contributed by atoms with Crippen molar-refractivity contribution in [2.45, 2.75) is 52.0 Å². The van der Waals surface area contributed by atoms with E-state index in [1.54, 1.807) is 6.07 Å². The van der Waals surface area contributed by atoms with Crippen LogP contribution in [0.1, 0.15) is 50.7 Å². The Balaban J connectivity index is 2.80. The molecule has 0 aromatic heterocycles. The fourth-order valence-corrected chi connectivity index (χ4v) is 2.11. The molecular formula is C14H21ClFN. The topological polar surface area (TPSA) is 26.0 Å². The van der Waals surface area contributed by atoms with E-state index in [-0.39, 0.29) is 22.8 Å². The molecule has 1 aromatic carbocycles. The predicted octanol–water partition coefficient (Wildman–Crippen LogP) is 4.27. The van der Waals surface area contributed by atoms with Gasteiger partial charge in [0.2, 0.25) is 0 Å². The average molecular weight is 258 g/mol. The maximum Gasteiger partial charge on any atom is 0.145 e. The molecule has 0 saturated carbocycles. The molecule has 1 atom stereocenters. The molecule has 0 bridgehead atoms. The van der Waals surface area contributed by atoms with Gasteiger partial charge in [0.05, 0.1) is 5.02 Å². The monoisotopic (exact) mass is 257 g/mol. The van der Waals surface area contributed by atoms with E-state index in [1.165, 1.54) is 0 Å². The highest BCUT2D eigenvalue weighted by molar-refractivity contribution is 6.30. The quantitative estimate of drug-likeness (QED) is 0.838. The highest BCUT2D eigenvalue weighted by atomic mass is 35.5. The van der Waals surface area contributed by atoms with E-state index in [0.717, 1.165) is 24.8 Å². The molecule has 1 nitrogen and oxygen atoms in total. The standard InChI is InChI=1S/C14H21ClFN/c1-9(2)12-7-11(6-4-5-10(3)17)8-13(15)14(12)16/h7-10H,4-6,17H2,1-3H3/t10-/m0/s1. The fraction of sp³-hybridized carbons (Fsp3) is 0.571. The summed E-state index contributed by atoms with van der Waals surface area (Å²) in [5.41, 5.74) is 7.50. The minimum atomic E-state index is -0.280. The van der Waals surface area contributed by atoms with Crippen molar-refractivity contribution in [2.75, 3.05) is 0 Å². The lowest BCUT2D eigenvalue weighted by Crippen LogP contribution is -2.14. The summed E-state index contributed by atoms with van der Waals surface area (Å²) in [6, 6.07) is 3.87. The molecular weight excluding hydrogens is 237 g/mol. The summed E-state index contributed by atoms with van der Waals surface area (Å²) in [5, 5.41) is 0.229. The minimum absolute atomic E-state index is 0.154. The van der Waals surface area contributed by atoms with Gasteiger partial charge >= 0.3 is 0 Å². The van der Waals surface area contributed by atoms with E-state index < -0.39 is 0 Å². The summed E-state index contributed by atoms with van der Waals surface area (Å²) in [6.07, 6.45) is 2.89. The van der Waals surface area contributed by atoms with Crippen LogP contribution < -0.4 is 5.73 Å². The van der Waals surface area contributed by atoms with Gasteiger partial charge in [0, 0.05) is 6.04 Å². The predicted molar refractivity (Wildman–Crippen MR) is 72.1 cm³/mol. The summed E-state index contributed by atoms with van der Waals surface area (Å²) in [5.74, 6) is -0.126. The Morgan fingerprint density at radius 3 is 2.47 bits per heavy atom. The van der Waals surface area contributed by atoms with Crippen molar-refractivity contribution < 1.29 is 4.39 Å². The number of hydrogen-bond acceptors (Lipinski definition) is 1. The van der Waals surface area contributed by atoms with Crippen LogP contribution in [-0.2, 0) is 6.42 Å². The van der Waals surface area contributed by atoms with E-state index in [1.807, 2.05) is 26.8 Å². The molecule has 0 saturated heterocycles. The Bertz CT molecular complexity index is 375. The van der Waals surface area contributed by atoms with Gasteiger partial charge in [-0.25, -0.2) is 4.39 Å². The largest absolute Gasteiger partial charge is 0.328 e. The molecule has 0 aliphatic rings. The number of nitrogens with two attached hydrogens (primary N) is 1. The average Bonchev–Trinajstić information content (AvgIpc) is 2.22. The number of hydrogen-bond donors (Lipinski definition) is 1. The van der Waals surface area contributed by atoms with Gasteiger partial charge in [0.15, 0.2) is 0 Å². The molecule has 2 N–H and O–H groups in total. The van der Waals surface area contributed by atoms with Gasteiger partial charge in [-0.05, 0) is 49.3 Å². The van der Waals surface area contributed by atoms with Gasteiger partial charge in [0.25, 0.3) is 0 Å². The van der Waals surface area contributed by atoms with Crippen molar-refractivity contribution in [3.05, 3.63) is 34.1 Å². The first-order valence-corrected chi connectivity index (χ1v) is 6.53. The SMILES string of the molecule is CC(C)c1cc(CCC[C@H](C)N)cc(Cl)c1F. The van der Waals surface area contributed by atoms with Crippen molar-refractivity contribution >= 4 is 11.6 Å². The van der Waals surface area contributed by atoms with Gasteiger partial charge in [-0.15, -0.1) is 0 Å². The Hall–Kier alpha value is -0.600. The summed E-state index contributed by atoms with van der Waals surface area (Å²) < 4.78 is 13.7. The second-order valence-corrected chi connectivity index (χ2v) is 5.41. The highest BCUT2D eigenvalue weighted by Crippen LogP contribution is 2.27. The van der Waals surface area contributed by atoms with E-state index in [9.17, 15) is 4.39 Å².